The Hall–Kier alpha value is -1.65. The second-order valence-corrected chi connectivity index (χ2v) is 2.10. The fourth-order valence-corrected chi connectivity index (χ4v) is 0.681. The van der Waals surface area contributed by atoms with Crippen LogP contribution in [0.1, 0.15) is 10.4 Å². The molecule has 1 aromatic rings. The summed E-state index contributed by atoms with van der Waals surface area (Å²) in [5.41, 5.74) is 4.97. The molecule has 1 amide bonds. The molecule has 0 spiro atoms. The highest BCUT2D eigenvalue weighted by molar-refractivity contribution is 6.42. The monoisotopic (exact) mass is 153 g/mol. The Bertz CT molecular complexity index is 303. The number of rotatable bonds is 2. The molecule has 0 aliphatic carbocycles. The minimum Gasteiger partial charge on any atom is -0.363 e. The van der Waals surface area contributed by atoms with Gasteiger partial charge in [-0.25, -0.2) is 0 Å². The van der Waals surface area contributed by atoms with Gasteiger partial charge in [-0.1, -0.05) is 0 Å². The number of nitrogens with zero attached hydrogens (tertiary/aromatic N) is 2. The number of primary amides is 1. The van der Waals surface area contributed by atoms with E-state index in [0.717, 1.165) is 0 Å². The minimum atomic E-state index is -0.960. The normalized spacial score (nSPS) is 9.55. The number of hydrogen-bond acceptors (Lipinski definition) is 3. The van der Waals surface area contributed by atoms with Crippen molar-refractivity contribution in [3.05, 3.63) is 18.0 Å². The molecular formula is C6H7N3O2. The van der Waals surface area contributed by atoms with E-state index in [1.165, 1.54) is 17.1 Å². The fourth-order valence-electron chi connectivity index (χ4n) is 0.681. The SMILES string of the molecule is Cn1cc(C(=O)C(N)=O)cn1. The highest BCUT2D eigenvalue weighted by atomic mass is 16.2. The van der Waals surface area contributed by atoms with Crippen LogP contribution in [0.15, 0.2) is 12.4 Å². The molecule has 2 N–H and O–H groups in total. The van der Waals surface area contributed by atoms with Crippen LogP contribution in [0.4, 0.5) is 0 Å². The largest absolute Gasteiger partial charge is 0.363 e. The molecule has 0 radical (unpaired) electrons. The Kier molecular flexibility index (Phi) is 1.72. The first-order chi connectivity index (χ1) is 5.11. The average molecular weight is 153 g/mol. The van der Waals surface area contributed by atoms with Crippen LogP contribution in [0.25, 0.3) is 0 Å². The maximum absolute atomic E-state index is 10.8. The standard InChI is InChI=1S/C6H7N3O2/c1-9-3-4(2-8-9)5(10)6(7)11/h2-3H,1H3,(H2,7,11). The molecule has 0 aliphatic rings. The first kappa shape index (κ1) is 7.46. The smallest absolute Gasteiger partial charge is 0.289 e. The van der Waals surface area contributed by atoms with Gasteiger partial charge in [0.15, 0.2) is 0 Å². The van der Waals surface area contributed by atoms with Gasteiger partial charge in [0.25, 0.3) is 11.7 Å². The zero-order valence-corrected chi connectivity index (χ0v) is 5.94. The van der Waals surface area contributed by atoms with Gasteiger partial charge >= 0.3 is 0 Å². The van der Waals surface area contributed by atoms with E-state index in [2.05, 4.69) is 5.10 Å². The van der Waals surface area contributed by atoms with Crippen molar-refractivity contribution in [3.8, 4) is 0 Å². The quantitative estimate of drug-likeness (QED) is 0.441. The van der Waals surface area contributed by atoms with Crippen molar-refractivity contribution < 1.29 is 9.59 Å². The number of amides is 1. The molecule has 1 heterocycles. The topological polar surface area (TPSA) is 78.0 Å². The summed E-state index contributed by atoms with van der Waals surface area (Å²) in [7, 11) is 1.65. The van der Waals surface area contributed by atoms with Crippen LogP contribution in [0.2, 0.25) is 0 Å². The molecule has 5 nitrogen and oxygen atoms in total. The lowest BCUT2D eigenvalue weighted by molar-refractivity contribution is -0.114. The Morgan fingerprint density at radius 2 is 2.27 bits per heavy atom. The number of aryl methyl sites for hydroxylation is 1. The lowest BCUT2D eigenvalue weighted by Gasteiger charge is -1.86. The van der Waals surface area contributed by atoms with Crippen molar-refractivity contribution in [2.75, 3.05) is 0 Å². The maximum Gasteiger partial charge on any atom is 0.289 e. The third kappa shape index (κ3) is 1.43. The number of carbonyl (C=O) groups excluding carboxylic acids is 2. The fraction of sp³-hybridized carbons (Fsp3) is 0.167. The number of nitrogens with two attached hydrogens (primary N) is 1. The highest BCUT2D eigenvalue weighted by Crippen LogP contribution is 1.96. The highest BCUT2D eigenvalue weighted by Gasteiger charge is 2.12. The molecule has 0 saturated heterocycles. The van der Waals surface area contributed by atoms with Gasteiger partial charge in [-0.3, -0.25) is 14.3 Å². The zero-order valence-electron chi connectivity index (χ0n) is 5.94. The predicted molar refractivity (Wildman–Crippen MR) is 36.7 cm³/mol. The number of ketones is 1. The first-order valence-corrected chi connectivity index (χ1v) is 2.94. The van der Waals surface area contributed by atoms with E-state index in [0.29, 0.717) is 0 Å². The van der Waals surface area contributed by atoms with Gasteiger partial charge in [0.2, 0.25) is 0 Å². The Labute approximate surface area is 62.8 Å². The van der Waals surface area contributed by atoms with Gasteiger partial charge in [-0.15, -0.1) is 0 Å². The lowest BCUT2D eigenvalue weighted by Crippen LogP contribution is -2.22. The van der Waals surface area contributed by atoms with Crippen LogP contribution in [-0.2, 0) is 11.8 Å². The van der Waals surface area contributed by atoms with Gasteiger partial charge in [0.05, 0.1) is 11.8 Å². The van der Waals surface area contributed by atoms with E-state index >= 15 is 0 Å². The first-order valence-electron chi connectivity index (χ1n) is 2.94. The molecule has 0 aromatic carbocycles. The van der Waals surface area contributed by atoms with Crippen LogP contribution in [0, 0.1) is 0 Å². The van der Waals surface area contributed by atoms with E-state index in [1.807, 2.05) is 0 Å². The molecule has 1 rings (SSSR count). The third-order valence-electron chi connectivity index (χ3n) is 1.19. The molecule has 0 fully saturated rings. The van der Waals surface area contributed by atoms with Crippen molar-refractivity contribution in [1.82, 2.24) is 9.78 Å². The summed E-state index contributed by atoms with van der Waals surface area (Å²) in [5.74, 6) is -1.67. The Morgan fingerprint density at radius 3 is 2.64 bits per heavy atom. The van der Waals surface area contributed by atoms with Crippen LogP contribution < -0.4 is 5.73 Å². The summed E-state index contributed by atoms with van der Waals surface area (Å²) in [6, 6.07) is 0. The van der Waals surface area contributed by atoms with E-state index in [-0.39, 0.29) is 5.56 Å². The second-order valence-electron chi connectivity index (χ2n) is 2.10. The molecule has 58 valence electrons. The summed E-state index contributed by atoms with van der Waals surface area (Å²) in [5, 5.41) is 3.71. The van der Waals surface area contributed by atoms with Gasteiger partial charge in [0, 0.05) is 13.2 Å². The third-order valence-corrected chi connectivity index (χ3v) is 1.19. The van der Waals surface area contributed by atoms with Gasteiger partial charge in [-0.2, -0.15) is 5.10 Å². The number of hydrogen-bond donors (Lipinski definition) is 1. The number of aromatic nitrogens is 2. The van der Waals surface area contributed by atoms with Crippen molar-refractivity contribution >= 4 is 11.7 Å². The van der Waals surface area contributed by atoms with Crippen LogP contribution >= 0.6 is 0 Å². The molecular weight excluding hydrogens is 146 g/mol. The molecule has 5 heteroatoms. The molecule has 1 aromatic heterocycles. The molecule has 0 unspecified atom stereocenters. The van der Waals surface area contributed by atoms with Crippen LogP contribution in [-0.4, -0.2) is 21.5 Å². The van der Waals surface area contributed by atoms with Crippen molar-refractivity contribution in [2.24, 2.45) is 12.8 Å². The molecule has 0 bridgehead atoms. The van der Waals surface area contributed by atoms with Crippen LogP contribution in [0.5, 0.6) is 0 Å². The van der Waals surface area contributed by atoms with Gasteiger partial charge in [0.1, 0.15) is 0 Å². The Balaban J connectivity index is 2.94. The number of Topliss-reactive ketones (excluding diaryl/α,β-unsaturated/α-hetero) is 1. The molecule has 0 aliphatic heterocycles. The van der Waals surface area contributed by atoms with E-state index in [9.17, 15) is 9.59 Å². The molecule has 0 saturated carbocycles. The predicted octanol–water partition coefficient (Wildman–Crippen LogP) is -0.912. The molecule has 0 atom stereocenters. The van der Waals surface area contributed by atoms with Crippen molar-refractivity contribution in [1.29, 1.82) is 0 Å². The maximum atomic E-state index is 10.8. The van der Waals surface area contributed by atoms with Gasteiger partial charge in [-0.05, 0) is 0 Å². The zero-order chi connectivity index (χ0) is 8.43. The second kappa shape index (κ2) is 2.53. The lowest BCUT2D eigenvalue weighted by atomic mass is 10.2. The number of carbonyl (C=O) groups is 2. The molecule has 11 heavy (non-hydrogen) atoms. The summed E-state index contributed by atoms with van der Waals surface area (Å²) >= 11 is 0. The Morgan fingerprint density at radius 1 is 1.64 bits per heavy atom. The van der Waals surface area contributed by atoms with Gasteiger partial charge < -0.3 is 5.73 Å². The van der Waals surface area contributed by atoms with E-state index < -0.39 is 11.7 Å². The van der Waals surface area contributed by atoms with Crippen LogP contribution in [0.3, 0.4) is 0 Å². The van der Waals surface area contributed by atoms with E-state index in [4.69, 9.17) is 5.73 Å². The summed E-state index contributed by atoms with van der Waals surface area (Å²) < 4.78 is 1.43. The van der Waals surface area contributed by atoms with Crippen molar-refractivity contribution in [2.45, 2.75) is 0 Å². The minimum absolute atomic E-state index is 0.222. The summed E-state index contributed by atoms with van der Waals surface area (Å²) in [4.78, 5) is 21.2. The van der Waals surface area contributed by atoms with Crippen molar-refractivity contribution in [3.63, 3.8) is 0 Å². The summed E-state index contributed by atoms with van der Waals surface area (Å²) in [6.45, 7) is 0. The summed E-state index contributed by atoms with van der Waals surface area (Å²) in [6.07, 6.45) is 2.74. The van der Waals surface area contributed by atoms with E-state index in [1.54, 1.807) is 7.05 Å². The average Bonchev–Trinajstić information content (AvgIpc) is 2.34.